The van der Waals surface area contributed by atoms with E-state index in [9.17, 15) is 33.6 Å². The lowest BCUT2D eigenvalue weighted by Gasteiger charge is -2.20. The van der Waals surface area contributed by atoms with Crippen molar-refractivity contribution < 1.29 is 83.1 Å². The van der Waals surface area contributed by atoms with Gasteiger partial charge in [0, 0.05) is 6.54 Å². The molecule has 0 aliphatic heterocycles. The van der Waals surface area contributed by atoms with E-state index in [1.54, 1.807) is 34.6 Å². The first-order chi connectivity index (χ1) is 38.6. The predicted octanol–water partition coefficient (Wildman–Crippen LogP) is 11.8. The first kappa shape index (κ1) is 80.8. The van der Waals surface area contributed by atoms with Gasteiger partial charge in [0.1, 0.15) is 19.3 Å². The maximum atomic E-state index is 12.3. The van der Waals surface area contributed by atoms with Crippen LogP contribution in [0.2, 0.25) is 0 Å². The molecule has 0 amide bonds. The second kappa shape index (κ2) is 50.1. The summed E-state index contributed by atoms with van der Waals surface area (Å²) in [6.07, 6.45) is 10.6. The number of hydrogen-bond donors (Lipinski definition) is 7. The van der Waals surface area contributed by atoms with E-state index in [2.05, 4.69) is 33.0 Å². The highest BCUT2D eigenvalue weighted by molar-refractivity contribution is 5.74. The minimum atomic E-state index is -0.902. The summed E-state index contributed by atoms with van der Waals surface area (Å²) in [7, 11) is 0. The van der Waals surface area contributed by atoms with E-state index < -0.39 is 30.1 Å². The maximum Gasteiger partial charge on any atom is 0.320 e. The monoisotopic (exact) mass is 1160 g/mol. The third-order valence-electron chi connectivity index (χ3n) is 13.1. The number of carboxylic acids is 3. The van der Waals surface area contributed by atoms with E-state index in [0.29, 0.717) is 71.1 Å². The van der Waals surface area contributed by atoms with Gasteiger partial charge in [-0.15, -0.1) is 0 Å². The van der Waals surface area contributed by atoms with Crippen LogP contribution in [0.3, 0.4) is 0 Å². The summed E-state index contributed by atoms with van der Waals surface area (Å²) in [6.45, 7) is 26.5. The first-order valence-corrected chi connectivity index (χ1v) is 29.8. The molecule has 0 fully saturated rings. The molecular weight excluding hydrogens is 1050 g/mol. The molecule has 0 aliphatic carbocycles. The Morgan fingerprint density at radius 1 is 0.390 bits per heavy atom. The summed E-state index contributed by atoms with van der Waals surface area (Å²) in [6, 6.07) is 18.7. The van der Waals surface area contributed by atoms with Gasteiger partial charge in [0.15, 0.2) is 0 Å². The van der Waals surface area contributed by atoms with Crippen molar-refractivity contribution in [2.24, 2.45) is 35.5 Å². The Balaban J connectivity index is -0.000000997. The van der Waals surface area contributed by atoms with Crippen molar-refractivity contribution in [1.29, 1.82) is 0 Å². The third-order valence-corrected chi connectivity index (χ3v) is 13.1. The number of aliphatic hydroxyl groups excluding tert-OH is 3. The molecule has 0 aliphatic rings. The molecule has 0 aromatic heterocycles. The van der Waals surface area contributed by atoms with Gasteiger partial charge in [-0.3, -0.25) is 33.6 Å². The number of carboxylic acid groups (broad SMARTS) is 3. The SMILES string of the molecule is CCCC(CCC)C(=O)O[C@@H](C)CC[C@@H](C)C(=O)O.CCCC(CCC)C(=O)O[C@@H](C)CC[C@@H](C)C(=O)OCc1ccccc1.C[C@H](O)CC[C@@H](C)C(=O)O.C[C@H](O)CC[C@@H](C)C(=O)OCc1ccccc1.C[C@H](O)CN[C@@H](C)C(=O)O. The Kier molecular flexibility index (Phi) is 49.4. The summed E-state index contributed by atoms with van der Waals surface area (Å²) >= 11 is 0. The van der Waals surface area contributed by atoms with Gasteiger partial charge in [-0.2, -0.15) is 0 Å². The molecule has 0 radical (unpaired) electrons. The minimum absolute atomic E-state index is 0.000658. The van der Waals surface area contributed by atoms with Gasteiger partial charge in [-0.25, -0.2) is 0 Å². The van der Waals surface area contributed by atoms with Gasteiger partial charge in [0.05, 0.1) is 66.0 Å². The van der Waals surface area contributed by atoms with Gasteiger partial charge in [-0.1, -0.05) is 142 Å². The van der Waals surface area contributed by atoms with Crippen molar-refractivity contribution in [2.45, 2.75) is 249 Å². The zero-order valence-corrected chi connectivity index (χ0v) is 52.3. The number of aliphatic carboxylic acids is 3. The van der Waals surface area contributed by atoms with E-state index in [4.69, 9.17) is 49.6 Å². The number of ether oxygens (including phenoxy) is 4. The Bertz CT molecular complexity index is 1920. The quantitative estimate of drug-likeness (QED) is 0.0246. The van der Waals surface area contributed by atoms with Gasteiger partial charge in [0.25, 0.3) is 0 Å². The van der Waals surface area contributed by atoms with E-state index in [0.717, 1.165) is 62.5 Å². The number of carbonyl (C=O) groups is 7. The largest absolute Gasteiger partial charge is 0.481 e. The molecule has 0 saturated heterocycles. The Morgan fingerprint density at radius 3 is 0.976 bits per heavy atom. The summed E-state index contributed by atoms with van der Waals surface area (Å²) < 4.78 is 21.6. The number of nitrogens with one attached hydrogen (secondary N) is 1. The Labute approximate surface area is 491 Å². The normalized spacial score (nSPS) is 14.4. The summed E-state index contributed by atoms with van der Waals surface area (Å²) in [4.78, 5) is 79.1. The molecule has 0 heterocycles. The molecule has 18 nitrogen and oxygen atoms in total. The maximum absolute atomic E-state index is 12.3. The number of benzene rings is 2. The van der Waals surface area contributed by atoms with Crippen molar-refractivity contribution in [1.82, 2.24) is 5.32 Å². The second-order valence-electron chi connectivity index (χ2n) is 21.8. The molecule has 0 spiro atoms. The summed E-state index contributed by atoms with van der Waals surface area (Å²) in [5.41, 5.74) is 1.97. The van der Waals surface area contributed by atoms with Crippen LogP contribution in [0.1, 0.15) is 211 Å². The molecule has 472 valence electrons. The third kappa shape index (κ3) is 46.1. The van der Waals surface area contributed by atoms with Gasteiger partial charge < -0.3 is 54.9 Å². The Morgan fingerprint density at radius 2 is 0.695 bits per heavy atom. The fourth-order valence-electron chi connectivity index (χ4n) is 7.47. The molecule has 2 aromatic rings. The molecule has 7 N–H and O–H groups in total. The lowest BCUT2D eigenvalue weighted by Crippen LogP contribution is -2.37. The first-order valence-electron chi connectivity index (χ1n) is 29.8. The average molecular weight is 1160 g/mol. The van der Waals surface area contributed by atoms with Gasteiger partial charge in [0.2, 0.25) is 0 Å². The van der Waals surface area contributed by atoms with Crippen LogP contribution < -0.4 is 5.32 Å². The number of carbonyl (C=O) groups excluding carboxylic acids is 4. The number of aliphatic hydroxyl groups is 3. The van der Waals surface area contributed by atoms with E-state index in [1.165, 1.54) is 6.92 Å². The van der Waals surface area contributed by atoms with Gasteiger partial charge in [-0.05, 0) is 130 Å². The number of hydrogen-bond acceptors (Lipinski definition) is 15. The fraction of sp³-hybridized carbons (Fsp3) is 0.703. The summed E-state index contributed by atoms with van der Waals surface area (Å²) in [5, 5.41) is 54.8. The predicted molar refractivity (Wildman–Crippen MR) is 319 cm³/mol. The van der Waals surface area contributed by atoms with Crippen molar-refractivity contribution in [3.63, 3.8) is 0 Å². The summed E-state index contributed by atoms with van der Waals surface area (Å²) in [5.74, 6) is -4.21. The van der Waals surface area contributed by atoms with Crippen molar-refractivity contribution in [2.75, 3.05) is 6.54 Å². The molecule has 10 atom stereocenters. The number of esters is 4. The van der Waals surface area contributed by atoms with Crippen LogP contribution in [0.15, 0.2) is 60.7 Å². The van der Waals surface area contributed by atoms with Crippen LogP contribution in [0, 0.1) is 35.5 Å². The molecule has 0 unspecified atom stereocenters. The average Bonchev–Trinajstić information content (AvgIpc) is 3.43. The highest BCUT2D eigenvalue weighted by atomic mass is 16.6. The molecule has 2 rings (SSSR count). The van der Waals surface area contributed by atoms with Crippen LogP contribution >= 0.6 is 0 Å². The van der Waals surface area contributed by atoms with Crippen LogP contribution in [-0.4, -0.2) is 116 Å². The zero-order valence-electron chi connectivity index (χ0n) is 52.3. The molecule has 0 bridgehead atoms. The molecule has 2 aromatic carbocycles. The molecule has 18 heteroatoms. The van der Waals surface area contributed by atoms with Crippen molar-refractivity contribution in [3.05, 3.63) is 71.8 Å². The van der Waals surface area contributed by atoms with Crippen molar-refractivity contribution >= 4 is 41.8 Å². The highest BCUT2D eigenvalue weighted by Crippen LogP contribution is 2.21. The molecular formula is C64H109NO17. The standard InChI is InChI=1S/C22H34O4.C15H28O4.C14H20O3.C7H14O3.C6H13NO3/c1-5-10-20(11-6-2)22(24)26-18(4)15-14-17(3)21(23)25-16-19-12-8-7-9-13-19;1-5-7-13(8-6-2)15(18)19-12(4)10-9-11(3)14(16)17;1-11(8-9-12(2)15)14(16)17-10-13-6-4-3-5-7-13;1-5(7(9)10)3-4-6(2)8;1-4(8)3-7-5(2)6(9)10/h7-9,12-13,17-18,20H,5-6,10-11,14-16H2,1-4H3;11-13H,5-10H2,1-4H3,(H,16,17);3-7,11-12,15H,8-10H2,1-2H3;5-6,8H,3-4H2,1-2H3,(H,9,10);4-5,7-8H,3H2,1-2H3,(H,9,10)/t17-,18+;2*11-,12+;5-,6+;4-,5-/m11110/s1. The lowest BCUT2D eigenvalue weighted by atomic mass is 9.98. The van der Waals surface area contributed by atoms with Crippen LogP contribution in [-0.2, 0) is 65.7 Å². The lowest BCUT2D eigenvalue weighted by molar-refractivity contribution is -0.155. The van der Waals surface area contributed by atoms with Gasteiger partial charge >= 0.3 is 41.8 Å². The Hall–Kier alpha value is -5.43. The van der Waals surface area contributed by atoms with E-state index in [1.807, 2.05) is 88.4 Å². The zero-order chi connectivity index (χ0) is 63.2. The van der Waals surface area contributed by atoms with Crippen LogP contribution in [0.25, 0.3) is 0 Å². The van der Waals surface area contributed by atoms with E-state index in [-0.39, 0.29) is 83.8 Å². The molecule has 82 heavy (non-hydrogen) atoms. The van der Waals surface area contributed by atoms with Crippen LogP contribution in [0.4, 0.5) is 0 Å². The van der Waals surface area contributed by atoms with E-state index >= 15 is 0 Å². The minimum Gasteiger partial charge on any atom is -0.481 e. The topological polar surface area (TPSA) is 290 Å². The second-order valence-corrected chi connectivity index (χ2v) is 21.8. The highest BCUT2D eigenvalue weighted by Gasteiger charge is 2.24. The number of rotatable bonds is 36. The van der Waals surface area contributed by atoms with Crippen molar-refractivity contribution in [3.8, 4) is 0 Å². The molecule has 0 saturated carbocycles. The smallest absolute Gasteiger partial charge is 0.320 e. The van der Waals surface area contributed by atoms with Crippen LogP contribution in [0.5, 0.6) is 0 Å². The fourth-order valence-corrected chi connectivity index (χ4v) is 7.47.